The molecule has 3 fully saturated rings. The third-order valence-corrected chi connectivity index (χ3v) is 7.26. The summed E-state index contributed by atoms with van der Waals surface area (Å²) in [5.41, 5.74) is -0.699. The van der Waals surface area contributed by atoms with E-state index in [1.807, 2.05) is 13.8 Å². The summed E-state index contributed by atoms with van der Waals surface area (Å²) in [6, 6.07) is 0. The smallest absolute Gasteiger partial charge is 0.187 e. The minimum Gasteiger partial charge on any atom is -0.353 e. The van der Waals surface area contributed by atoms with Gasteiger partial charge in [-0.1, -0.05) is 19.6 Å². The van der Waals surface area contributed by atoms with E-state index in [4.69, 9.17) is 18.9 Å². The van der Waals surface area contributed by atoms with Crippen LogP contribution in [0, 0.1) is 0 Å². The first kappa shape index (κ1) is 14.7. The highest BCUT2D eigenvalue weighted by atomic mass is 28.3. The molecule has 2 aliphatic heterocycles. The number of hydrogen-bond donors (Lipinski definition) is 0. The predicted molar refractivity (Wildman–Crippen MR) is 75.2 cm³/mol. The van der Waals surface area contributed by atoms with Gasteiger partial charge in [0, 0.05) is 12.7 Å². The first-order chi connectivity index (χ1) is 9.11. The van der Waals surface area contributed by atoms with Crippen molar-refractivity contribution in [2.45, 2.75) is 75.3 Å². The lowest BCUT2D eigenvalue weighted by atomic mass is 9.73. The Kier molecular flexibility index (Phi) is 3.03. The van der Waals surface area contributed by atoms with Gasteiger partial charge in [-0.2, -0.15) is 0 Å². The van der Waals surface area contributed by atoms with Crippen molar-refractivity contribution in [3.8, 4) is 0 Å². The zero-order valence-corrected chi connectivity index (χ0v) is 14.1. The predicted octanol–water partition coefficient (Wildman–Crippen LogP) is 1.93. The average Bonchev–Trinajstić information content (AvgIpc) is 2.76. The highest BCUT2D eigenvalue weighted by molar-refractivity contribution is 6.81. The first-order valence-electron chi connectivity index (χ1n) is 7.21. The van der Waals surface area contributed by atoms with Crippen LogP contribution in [-0.4, -0.2) is 50.9 Å². The van der Waals surface area contributed by atoms with E-state index in [-0.39, 0.29) is 23.5 Å². The second-order valence-corrected chi connectivity index (χ2v) is 13.0. The van der Waals surface area contributed by atoms with Gasteiger partial charge in [-0.3, -0.25) is 4.79 Å². The molecule has 0 aromatic heterocycles. The molecule has 3 rings (SSSR count). The second-order valence-electron chi connectivity index (χ2n) is 7.62. The van der Waals surface area contributed by atoms with Crippen LogP contribution in [0.5, 0.6) is 0 Å². The van der Waals surface area contributed by atoms with E-state index in [9.17, 15) is 4.79 Å². The van der Waals surface area contributed by atoms with Gasteiger partial charge in [0.1, 0.15) is 12.2 Å². The van der Waals surface area contributed by atoms with E-state index in [0.29, 0.717) is 0 Å². The summed E-state index contributed by atoms with van der Waals surface area (Å²) >= 11 is 0. The quantitative estimate of drug-likeness (QED) is 0.729. The van der Waals surface area contributed by atoms with Crippen LogP contribution in [0.3, 0.4) is 0 Å². The number of ketones is 1. The van der Waals surface area contributed by atoms with Crippen LogP contribution < -0.4 is 0 Å². The van der Waals surface area contributed by atoms with E-state index in [1.54, 1.807) is 7.11 Å². The summed E-state index contributed by atoms with van der Waals surface area (Å²) in [6.45, 7) is 10.4. The number of carbonyl (C=O) groups is 1. The number of methoxy groups -OCH3 is 1. The fraction of sp³-hybridized carbons (Fsp3) is 0.929. The summed E-state index contributed by atoms with van der Waals surface area (Å²) in [7, 11) is 0.0689. The number of ether oxygens (including phenoxy) is 4. The summed E-state index contributed by atoms with van der Waals surface area (Å²) in [5, 5.41) is 0. The van der Waals surface area contributed by atoms with E-state index in [2.05, 4.69) is 19.6 Å². The summed E-state index contributed by atoms with van der Waals surface area (Å²) < 4.78 is 23.1. The summed E-state index contributed by atoms with van der Waals surface area (Å²) in [4.78, 5) is 12.8. The van der Waals surface area contributed by atoms with Crippen molar-refractivity contribution in [1.82, 2.24) is 0 Å². The van der Waals surface area contributed by atoms with E-state index in [1.165, 1.54) is 0 Å². The molecule has 3 aliphatic rings. The van der Waals surface area contributed by atoms with Crippen molar-refractivity contribution in [3.63, 3.8) is 0 Å². The Labute approximate surface area is 120 Å². The third-order valence-electron chi connectivity index (χ3n) is 4.70. The van der Waals surface area contributed by atoms with Gasteiger partial charge in [-0.25, -0.2) is 0 Å². The van der Waals surface area contributed by atoms with E-state index >= 15 is 0 Å². The highest BCUT2D eigenvalue weighted by Crippen LogP contribution is 2.57. The van der Waals surface area contributed by atoms with Crippen LogP contribution in [0.15, 0.2) is 0 Å². The molecule has 0 bridgehead atoms. The van der Waals surface area contributed by atoms with Gasteiger partial charge in [-0.05, 0) is 20.3 Å². The number of fused-ring (bicyclic) bond motifs is 2. The standard InChI is InChI=1S/C14H24O5Si/c1-13(2)17-9-11(18-13)14(19-12(9)16-3)7-8(10(14)15)20(4,5)6/h8-9,11-12H,7H2,1-6H3/t8?,9-,11?,12?,14+/m0/s1. The van der Waals surface area contributed by atoms with Crippen molar-refractivity contribution in [1.29, 1.82) is 0 Å². The van der Waals surface area contributed by atoms with Crippen LogP contribution in [0.4, 0.5) is 0 Å². The van der Waals surface area contributed by atoms with Crippen LogP contribution in [0.2, 0.25) is 25.2 Å². The normalized spacial score (nSPS) is 46.6. The first-order valence-corrected chi connectivity index (χ1v) is 10.8. The minimum atomic E-state index is -1.51. The minimum absolute atomic E-state index is 0.145. The van der Waals surface area contributed by atoms with Crippen LogP contribution in [-0.2, 0) is 23.7 Å². The number of hydrogen-bond acceptors (Lipinski definition) is 5. The van der Waals surface area contributed by atoms with Gasteiger partial charge >= 0.3 is 0 Å². The number of Topliss-reactive ketones (excluding diaryl/α,β-unsaturated/α-hetero) is 1. The molecule has 2 heterocycles. The van der Waals surface area contributed by atoms with Gasteiger partial charge in [0.05, 0.1) is 8.07 Å². The van der Waals surface area contributed by atoms with Gasteiger partial charge < -0.3 is 18.9 Å². The zero-order valence-electron chi connectivity index (χ0n) is 13.1. The number of rotatable bonds is 2. The molecule has 3 unspecified atom stereocenters. The van der Waals surface area contributed by atoms with Crippen LogP contribution in [0.25, 0.3) is 0 Å². The molecule has 0 N–H and O–H groups in total. The van der Waals surface area contributed by atoms with Gasteiger partial charge in [0.15, 0.2) is 23.5 Å². The summed E-state index contributed by atoms with van der Waals surface area (Å²) in [5.74, 6) is -0.500. The van der Waals surface area contributed by atoms with Gasteiger partial charge in [-0.15, -0.1) is 0 Å². The molecular weight excluding hydrogens is 276 g/mol. The van der Waals surface area contributed by atoms with Crippen LogP contribution in [0.1, 0.15) is 20.3 Å². The maximum atomic E-state index is 12.8. The Morgan fingerprint density at radius 2 is 1.85 bits per heavy atom. The van der Waals surface area contributed by atoms with Gasteiger partial charge in [0.25, 0.3) is 0 Å². The Hall–Kier alpha value is -0.273. The van der Waals surface area contributed by atoms with Crippen molar-refractivity contribution in [2.24, 2.45) is 0 Å². The molecule has 1 saturated carbocycles. The molecule has 0 aromatic rings. The molecule has 2 saturated heterocycles. The fourth-order valence-corrected chi connectivity index (χ4v) is 5.54. The molecule has 1 aliphatic carbocycles. The Morgan fingerprint density at radius 1 is 1.20 bits per heavy atom. The lowest BCUT2D eigenvalue weighted by Crippen LogP contribution is -2.64. The largest absolute Gasteiger partial charge is 0.353 e. The van der Waals surface area contributed by atoms with Crippen LogP contribution >= 0.6 is 0 Å². The molecule has 0 amide bonds. The third kappa shape index (κ3) is 1.85. The van der Waals surface area contributed by atoms with E-state index in [0.717, 1.165) is 6.42 Å². The number of carbonyl (C=O) groups excluding carboxylic acids is 1. The molecule has 0 aromatic carbocycles. The molecule has 6 heteroatoms. The Morgan fingerprint density at radius 3 is 2.35 bits per heavy atom. The summed E-state index contributed by atoms with van der Waals surface area (Å²) in [6.07, 6.45) is -0.445. The molecule has 5 nitrogen and oxygen atoms in total. The SMILES string of the molecule is COC1O[C@@]2(CC([Si](C)(C)C)C2=O)C2OC(C)(C)O[C@H]12. The average molecular weight is 300 g/mol. The zero-order chi connectivity index (χ0) is 14.9. The molecule has 0 radical (unpaired) electrons. The molecular formula is C14H24O5Si. The highest BCUT2D eigenvalue weighted by Gasteiger charge is 2.73. The fourth-order valence-electron chi connectivity index (χ4n) is 3.59. The van der Waals surface area contributed by atoms with Crippen molar-refractivity contribution >= 4 is 13.9 Å². The Bertz CT molecular complexity index is 443. The maximum Gasteiger partial charge on any atom is 0.187 e. The second kappa shape index (κ2) is 4.13. The maximum absolute atomic E-state index is 12.8. The van der Waals surface area contributed by atoms with Crippen molar-refractivity contribution in [3.05, 3.63) is 0 Å². The lowest BCUT2D eigenvalue weighted by molar-refractivity contribution is -0.254. The van der Waals surface area contributed by atoms with Crippen molar-refractivity contribution < 1.29 is 23.7 Å². The Balaban J connectivity index is 1.87. The van der Waals surface area contributed by atoms with Gasteiger partial charge in [0.2, 0.25) is 0 Å². The lowest BCUT2D eigenvalue weighted by Gasteiger charge is -2.49. The molecule has 114 valence electrons. The van der Waals surface area contributed by atoms with E-state index < -0.39 is 25.8 Å². The molecule has 5 atom stereocenters. The topological polar surface area (TPSA) is 54.0 Å². The van der Waals surface area contributed by atoms with Crippen molar-refractivity contribution in [2.75, 3.05) is 7.11 Å². The molecule has 1 spiro atoms. The monoisotopic (exact) mass is 300 g/mol. The molecule has 20 heavy (non-hydrogen) atoms.